The van der Waals surface area contributed by atoms with E-state index in [0.29, 0.717) is 30.9 Å². The van der Waals surface area contributed by atoms with Crippen molar-refractivity contribution in [2.45, 2.75) is 17.4 Å². The van der Waals surface area contributed by atoms with Gasteiger partial charge in [0.1, 0.15) is 28.5 Å². The second kappa shape index (κ2) is 7.24. The molecule has 0 aliphatic carbocycles. The number of hydrogen-bond donors (Lipinski definition) is 1. The molecule has 1 atom stereocenters. The highest BCUT2D eigenvalue weighted by Gasteiger charge is 2.30. The van der Waals surface area contributed by atoms with Gasteiger partial charge in [0.05, 0.1) is 14.2 Å². The van der Waals surface area contributed by atoms with Crippen molar-refractivity contribution in [1.82, 2.24) is 24.5 Å². The zero-order valence-corrected chi connectivity index (χ0v) is 16.3. The van der Waals surface area contributed by atoms with Gasteiger partial charge in [0.15, 0.2) is 5.65 Å². The number of methoxy groups -OCH3 is 2. The second-order valence-corrected chi connectivity index (χ2v) is 8.08. The molecule has 2 aromatic heterocycles. The van der Waals surface area contributed by atoms with Crippen LogP contribution in [0.3, 0.4) is 0 Å². The number of ether oxygens (including phenoxy) is 2. The van der Waals surface area contributed by atoms with Crippen LogP contribution in [0.2, 0.25) is 0 Å². The van der Waals surface area contributed by atoms with E-state index in [4.69, 9.17) is 9.47 Å². The number of anilines is 1. The molecule has 1 unspecified atom stereocenters. The molecule has 0 radical (unpaired) electrons. The van der Waals surface area contributed by atoms with Crippen LogP contribution in [0.1, 0.15) is 6.42 Å². The maximum atomic E-state index is 12.9. The third-order valence-corrected chi connectivity index (χ3v) is 6.18. The molecule has 0 saturated carbocycles. The number of hydrogen-bond acceptors (Lipinski definition) is 8. The Morgan fingerprint density at radius 3 is 2.82 bits per heavy atom. The average molecular weight is 404 g/mol. The van der Waals surface area contributed by atoms with Crippen LogP contribution in [0.4, 0.5) is 5.82 Å². The molecule has 3 aromatic rings. The molecule has 148 valence electrons. The van der Waals surface area contributed by atoms with Crippen LogP contribution >= 0.6 is 0 Å². The monoisotopic (exact) mass is 404 g/mol. The molecule has 1 aliphatic heterocycles. The third kappa shape index (κ3) is 3.45. The largest absolute Gasteiger partial charge is 0.497 e. The Bertz CT molecular complexity index is 1100. The highest BCUT2D eigenvalue weighted by Crippen LogP contribution is 2.29. The fourth-order valence-electron chi connectivity index (χ4n) is 3.23. The lowest BCUT2D eigenvalue weighted by molar-refractivity contribution is 0.391. The average Bonchev–Trinajstić information content (AvgIpc) is 3.35. The Balaban J connectivity index is 1.51. The van der Waals surface area contributed by atoms with Crippen LogP contribution in [0, 0.1) is 0 Å². The Kier molecular flexibility index (Phi) is 4.77. The van der Waals surface area contributed by atoms with Gasteiger partial charge in [0.2, 0.25) is 10.0 Å². The predicted octanol–water partition coefficient (Wildman–Crippen LogP) is 0.699. The minimum atomic E-state index is -3.78. The van der Waals surface area contributed by atoms with Gasteiger partial charge in [0.25, 0.3) is 0 Å². The first-order valence-corrected chi connectivity index (χ1v) is 10.1. The lowest BCUT2D eigenvalue weighted by Gasteiger charge is -2.18. The van der Waals surface area contributed by atoms with Gasteiger partial charge in [-0.05, 0) is 30.7 Å². The van der Waals surface area contributed by atoms with Crippen molar-refractivity contribution in [3.63, 3.8) is 0 Å². The van der Waals surface area contributed by atoms with Gasteiger partial charge in [-0.3, -0.25) is 0 Å². The summed E-state index contributed by atoms with van der Waals surface area (Å²) in [5.74, 6) is 1.46. The van der Waals surface area contributed by atoms with E-state index in [2.05, 4.69) is 20.0 Å². The molecule has 1 N–H and O–H groups in total. The number of sulfonamides is 1. The molecule has 1 aliphatic rings. The van der Waals surface area contributed by atoms with Crippen LogP contribution in [-0.2, 0) is 10.0 Å². The maximum absolute atomic E-state index is 12.9. The van der Waals surface area contributed by atoms with Crippen LogP contribution in [0.15, 0.2) is 41.6 Å². The number of rotatable bonds is 6. The number of nitrogens with zero attached hydrogens (tertiary/aromatic N) is 5. The Morgan fingerprint density at radius 1 is 1.18 bits per heavy atom. The van der Waals surface area contributed by atoms with Crippen molar-refractivity contribution in [3.8, 4) is 11.5 Å². The van der Waals surface area contributed by atoms with Gasteiger partial charge >= 0.3 is 0 Å². The highest BCUT2D eigenvalue weighted by molar-refractivity contribution is 7.89. The van der Waals surface area contributed by atoms with Gasteiger partial charge < -0.3 is 14.4 Å². The summed E-state index contributed by atoms with van der Waals surface area (Å²) in [6.45, 7) is 1.19. The lowest BCUT2D eigenvalue weighted by Crippen LogP contribution is -2.37. The van der Waals surface area contributed by atoms with E-state index in [-0.39, 0.29) is 16.7 Å². The number of fused-ring (bicyclic) bond motifs is 1. The third-order valence-electron chi connectivity index (χ3n) is 4.64. The Morgan fingerprint density at radius 2 is 2.04 bits per heavy atom. The Labute approximate surface area is 162 Å². The molecule has 0 bridgehead atoms. The summed E-state index contributed by atoms with van der Waals surface area (Å²) >= 11 is 0. The van der Waals surface area contributed by atoms with Crippen molar-refractivity contribution in [3.05, 3.63) is 36.7 Å². The first kappa shape index (κ1) is 18.4. The molecule has 4 rings (SSSR count). The zero-order valence-electron chi connectivity index (χ0n) is 15.4. The standard InChI is InChI=1S/C17H20N6O4S/c1-26-13-3-4-14(27-2)15(9-13)28(24,25)21-12-7-8-22(10-12)17-6-5-16-19-18-11-23(16)20-17/h3-6,9,11-12,21H,7-8,10H2,1-2H3. The molecule has 1 fully saturated rings. The molecule has 11 heteroatoms. The van der Waals surface area contributed by atoms with Crippen molar-refractivity contribution in [2.75, 3.05) is 32.2 Å². The summed E-state index contributed by atoms with van der Waals surface area (Å²) in [6, 6.07) is 8.11. The predicted molar refractivity (Wildman–Crippen MR) is 101 cm³/mol. The van der Waals surface area contributed by atoms with Gasteiger partial charge in [-0.1, -0.05) is 0 Å². The minimum absolute atomic E-state index is 0.0526. The minimum Gasteiger partial charge on any atom is -0.497 e. The summed E-state index contributed by atoms with van der Waals surface area (Å²) in [4.78, 5) is 2.08. The van der Waals surface area contributed by atoms with Crippen LogP contribution in [0.25, 0.3) is 5.65 Å². The van der Waals surface area contributed by atoms with E-state index in [0.717, 1.165) is 5.82 Å². The SMILES string of the molecule is COc1ccc(OC)c(S(=O)(=O)NC2CCN(c3ccc4nncn4n3)C2)c1. The van der Waals surface area contributed by atoms with E-state index >= 15 is 0 Å². The summed E-state index contributed by atoms with van der Waals surface area (Å²) < 4.78 is 40.5. The van der Waals surface area contributed by atoms with Gasteiger partial charge in [-0.15, -0.1) is 15.3 Å². The van der Waals surface area contributed by atoms with Gasteiger partial charge in [0, 0.05) is 25.2 Å². The normalized spacial score (nSPS) is 17.2. The van der Waals surface area contributed by atoms with E-state index in [1.54, 1.807) is 16.6 Å². The molecule has 1 saturated heterocycles. The molecular weight excluding hydrogens is 384 g/mol. The zero-order chi connectivity index (χ0) is 19.7. The summed E-state index contributed by atoms with van der Waals surface area (Å²) in [5.41, 5.74) is 0.658. The summed E-state index contributed by atoms with van der Waals surface area (Å²) in [7, 11) is -0.856. The molecule has 28 heavy (non-hydrogen) atoms. The number of aromatic nitrogens is 4. The van der Waals surface area contributed by atoms with Crippen LogP contribution < -0.4 is 19.1 Å². The topological polar surface area (TPSA) is 111 Å². The van der Waals surface area contributed by atoms with Gasteiger partial charge in [-0.25, -0.2) is 13.1 Å². The number of benzene rings is 1. The summed E-state index contributed by atoms with van der Waals surface area (Å²) in [5, 5.41) is 12.2. The first-order chi connectivity index (χ1) is 13.5. The molecule has 0 amide bonds. The van der Waals surface area contributed by atoms with E-state index < -0.39 is 10.0 Å². The molecular formula is C17H20N6O4S. The second-order valence-electron chi connectivity index (χ2n) is 6.39. The fourth-order valence-corrected chi connectivity index (χ4v) is 4.67. The summed E-state index contributed by atoms with van der Waals surface area (Å²) in [6.07, 6.45) is 2.19. The van der Waals surface area contributed by atoms with Gasteiger partial charge in [-0.2, -0.15) is 4.52 Å². The van der Waals surface area contributed by atoms with E-state index in [1.807, 2.05) is 17.0 Å². The first-order valence-electron chi connectivity index (χ1n) is 8.66. The molecule has 10 nitrogen and oxygen atoms in total. The van der Waals surface area contributed by atoms with Crippen molar-refractivity contribution < 1.29 is 17.9 Å². The van der Waals surface area contributed by atoms with Crippen molar-refractivity contribution in [1.29, 1.82) is 0 Å². The maximum Gasteiger partial charge on any atom is 0.244 e. The van der Waals surface area contributed by atoms with E-state index in [1.165, 1.54) is 26.6 Å². The lowest BCUT2D eigenvalue weighted by atomic mass is 10.3. The highest BCUT2D eigenvalue weighted by atomic mass is 32.2. The smallest absolute Gasteiger partial charge is 0.244 e. The van der Waals surface area contributed by atoms with Crippen molar-refractivity contribution >= 4 is 21.5 Å². The van der Waals surface area contributed by atoms with E-state index in [9.17, 15) is 8.42 Å². The number of nitrogens with one attached hydrogen (secondary N) is 1. The van der Waals surface area contributed by atoms with Crippen LogP contribution in [-0.4, -0.2) is 61.6 Å². The molecule has 3 heterocycles. The fraction of sp³-hybridized carbons (Fsp3) is 0.353. The quantitative estimate of drug-likeness (QED) is 0.639. The Hall–Kier alpha value is -2.92. The van der Waals surface area contributed by atoms with Crippen LogP contribution in [0.5, 0.6) is 11.5 Å². The van der Waals surface area contributed by atoms with Crippen molar-refractivity contribution in [2.24, 2.45) is 0 Å². The molecule has 0 spiro atoms. The molecule has 1 aromatic carbocycles.